The molecule has 0 saturated heterocycles. The van der Waals surface area contributed by atoms with Gasteiger partial charge in [-0.2, -0.15) is 0 Å². The number of anilines is 1. The number of fused-ring (bicyclic) bond motifs is 1. The van der Waals surface area contributed by atoms with Gasteiger partial charge in [0.25, 0.3) is 11.8 Å². The number of para-hydroxylation sites is 2. The molecule has 0 unspecified atom stereocenters. The van der Waals surface area contributed by atoms with Crippen LogP contribution in [0.5, 0.6) is 5.75 Å². The standard InChI is InChI=1S/C20H19N3O3S/c24-19-14-26-18-8-2-1-6-16(18)23(19)11-9-21-20(25)17-7-3-10-22(17)13-15-5-4-12-27-15/h1-8,10,12H,9,11,13-14H2,(H,21,25). The molecule has 0 bridgehead atoms. The smallest absolute Gasteiger partial charge is 0.267 e. The topological polar surface area (TPSA) is 63.6 Å². The van der Waals surface area contributed by atoms with Crippen LogP contribution >= 0.6 is 11.3 Å². The molecular weight excluding hydrogens is 362 g/mol. The predicted molar refractivity (Wildman–Crippen MR) is 104 cm³/mol. The summed E-state index contributed by atoms with van der Waals surface area (Å²) in [5.41, 5.74) is 1.35. The molecule has 2 aromatic heterocycles. The van der Waals surface area contributed by atoms with E-state index in [0.29, 0.717) is 31.1 Å². The summed E-state index contributed by atoms with van der Waals surface area (Å²) < 4.78 is 7.36. The fourth-order valence-electron chi connectivity index (χ4n) is 3.10. The fourth-order valence-corrected chi connectivity index (χ4v) is 3.80. The molecule has 0 radical (unpaired) electrons. The molecule has 1 aromatic carbocycles. The average Bonchev–Trinajstić information content (AvgIpc) is 3.36. The third-order valence-electron chi connectivity index (χ3n) is 4.40. The fraction of sp³-hybridized carbons (Fsp3) is 0.200. The lowest BCUT2D eigenvalue weighted by Crippen LogP contribution is -2.43. The Labute approximate surface area is 161 Å². The summed E-state index contributed by atoms with van der Waals surface area (Å²) in [6, 6.07) is 15.1. The molecule has 0 spiro atoms. The maximum atomic E-state index is 12.6. The molecule has 1 N–H and O–H groups in total. The zero-order valence-electron chi connectivity index (χ0n) is 14.6. The minimum atomic E-state index is -0.148. The molecule has 0 atom stereocenters. The van der Waals surface area contributed by atoms with Crippen molar-refractivity contribution in [2.45, 2.75) is 6.54 Å². The Hall–Kier alpha value is -3.06. The van der Waals surface area contributed by atoms with E-state index in [0.717, 1.165) is 5.69 Å². The first-order valence-electron chi connectivity index (χ1n) is 8.70. The van der Waals surface area contributed by atoms with Crippen molar-refractivity contribution in [3.63, 3.8) is 0 Å². The Morgan fingerprint density at radius 1 is 1.15 bits per heavy atom. The molecule has 6 nitrogen and oxygen atoms in total. The molecule has 0 aliphatic carbocycles. The number of thiophene rings is 1. The summed E-state index contributed by atoms with van der Waals surface area (Å²) in [4.78, 5) is 27.6. The zero-order chi connectivity index (χ0) is 18.6. The zero-order valence-corrected chi connectivity index (χ0v) is 15.4. The Morgan fingerprint density at radius 2 is 2.04 bits per heavy atom. The van der Waals surface area contributed by atoms with Gasteiger partial charge in [0.15, 0.2) is 6.61 Å². The van der Waals surface area contributed by atoms with Crippen molar-refractivity contribution in [1.82, 2.24) is 9.88 Å². The van der Waals surface area contributed by atoms with Crippen molar-refractivity contribution in [2.24, 2.45) is 0 Å². The van der Waals surface area contributed by atoms with E-state index in [1.807, 2.05) is 58.6 Å². The molecule has 0 fully saturated rings. The molecular formula is C20H19N3O3S. The number of hydrogen-bond acceptors (Lipinski definition) is 4. The van der Waals surface area contributed by atoms with Gasteiger partial charge in [-0.05, 0) is 35.7 Å². The van der Waals surface area contributed by atoms with Gasteiger partial charge in [-0.25, -0.2) is 0 Å². The lowest BCUT2D eigenvalue weighted by Gasteiger charge is -2.29. The highest BCUT2D eigenvalue weighted by molar-refractivity contribution is 7.09. The van der Waals surface area contributed by atoms with Gasteiger partial charge in [0.05, 0.1) is 12.2 Å². The lowest BCUT2D eigenvalue weighted by molar-refractivity contribution is -0.121. The molecule has 1 aliphatic heterocycles. The summed E-state index contributed by atoms with van der Waals surface area (Å²) in [6.45, 7) is 1.46. The van der Waals surface area contributed by atoms with E-state index in [1.54, 1.807) is 22.3 Å². The number of ether oxygens (including phenoxy) is 1. The SMILES string of the molecule is O=C(NCCN1C(=O)COc2ccccc21)c1cccn1Cc1cccs1. The molecule has 138 valence electrons. The molecule has 27 heavy (non-hydrogen) atoms. The van der Waals surface area contributed by atoms with Crippen LogP contribution in [0.2, 0.25) is 0 Å². The van der Waals surface area contributed by atoms with E-state index in [4.69, 9.17) is 4.74 Å². The van der Waals surface area contributed by atoms with Crippen molar-refractivity contribution < 1.29 is 14.3 Å². The molecule has 1 aliphatic rings. The number of carbonyl (C=O) groups is 2. The number of nitrogens with one attached hydrogen (secondary N) is 1. The van der Waals surface area contributed by atoms with E-state index in [1.165, 1.54) is 4.88 Å². The molecule has 7 heteroatoms. The molecule has 0 saturated carbocycles. The van der Waals surface area contributed by atoms with Crippen LogP contribution in [0.3, 0.4) is 0 Å². The number of carbonyl (C=O) groups excluding carboxylic acids is 2. The van der Waals surface area contributed by atoms with Crippen LogP contribution in [0.1, 0.15) is 15.4 Å². The van der Waals surface area contributed by atoms with E-state index in [9.17, 15) is 9.59 Å². The maximum absolute atomic E-state index is 12.6. The van der Waals surface area contributed by atoms with E-state index in [2.05, 4.69) is 5.32 Å². The van der Waals surface area contributed by atoms with E-state index < -0.39 is 0 Å². The first kappa shape index (κ1) is 17.4. The summed E-state index contributed by atoms with van der Waals surface area (Å²) in [6.07, 6.45) is 1.90. The summed E-state index contributed by atoms with van der Waals surface area (Å²) in [5.74, 6) is 0.433. The van der Waals surface area contributed by atoms with Crippen LogP contribution < -0.4 is 15.0 Å². The summed E-state index contributed by atoms with van der Waals surface area (Å²) >= 11 is 1.66. The molecule has 3 heterocycles. The summed E-state index contributed by atoms with van der Waals surface area (Å²) in [5, 5.41) is 4.94. The van der Waals surface area contributed by atoms with Crippen LogP contribution in [0.25, 0.3) is 0 Å². The number of benzene rings is 1. The monoisotopic (exact) mass is 381 g/mol. The van der Waals surface area contributed by atoms with Crippen molar-refractivity contribution >= 4 is 28.8 Å². The largest absolute Gasteiger partial charge is 0.482 e. The van der Waals surface area contributed by atoms with Crippen LogP contribution in [0.4, 0.5) is 5.69 Å². The van der Waals surface area contributed by atoms with Crippen molar-refractivity contribution in [3.05, 3.63) is 70.7 Å². The van der Waals surface area contributed by atoms with Crippen molar-refractivity contribution in [3.8, 4) is 5.75 Å². The van der Waals surface area contributed by atoms with Gasteiger partial charge in [-0.3, -0.25) is 9.59 Å². The highest BCUT2D eigenvalue weighted by atomic mass is 32.1. The lowest BCUT2D eigenvalue weighted by atomic mass is 10.2. The number of hydrogen-bond donors (Lipinski definition) is 1. The van der Waals surface area contributed by atoms with Gasteiger partial charge in [0, 0.05) is 24.2 Å². The van der Waals surface area contributed by atoms with Gasteiger partial charge in [-0.1, -0.05) is 18.2 Å². The molecule has 4 rings (SSSR count). The number of aromatic nitrogens is 1. The third kappa shape index (κ3) is 3.73. The van der Waals surface area contributed by atoms with Crippen LogP contribution in [-0.2, 0) is 11.3 Å². The third-order valence-corrected chi connectivity index (χ3v) is 5.26. The minimum absolute atomic E-state index is 0.0224. The second kappa shape index (κ2) is 7.67. The number of nitrogens with zero attached hydrogens (tertiary/aromatic N) is 2. The highest BCUT2D eigenvalue weighted by Crippen LogP contribution is 2.30. The number of amides is 2. The second-order valence-corrected chi connectivity index (χ2v) is 7.19. The quantitative estimate of drug-likeness (QED) is 0.714. The van der Waals surface area contributed by atoms with Crippen LogP contribution in [-0.4, -0.2) is 36.1 Å². The predicted octanol–water partition coefficient (Wildman–Crippen LogP) is 2.75. The summed E-state index contributed by atoms with van der Waals surface area (Å²) in [7, 11) is 0. The first-order chi connectivity index (χ1) is 13.2. The maximum Gasteiger partial charge on any atom is 0.267 e. The number of rotatable bonds is 6. The Kier molecular flexibility index (Phi) is 4.93. The average molecular weight is 381 g/mol. The normalized spacial score (nSPS) is 13.2. The van der Waals surface area contributed by atoms with E-state index in [-0.39, 0.29) is 18.4 Å². The first-order valence-corrected chi connectivity index (χ1v) is 9.58. The van der Waals surface area contributed by atoms with Crippen molar-refractivity contribution in [2.75, 3.05) is 24.6 Å². The van der Waals surface area contributed by atoms with Gasteiger partial charge < -0.3 is 19.5 Å². The Bertz CT molecular complexity index is 949. The molecule has 3 aromatic rings. The second-order valence-electron chi connectivity index (χ2n) is 6.16. The van der Waals surface area contributed by atoms with Crippen LogP contribution in [0, 0.1) is 0 Å². The highest BCUT2D eigenvalue weighted by Gasteiger charge is 2.24. The Balaban J connectivity index is 1.38. The van der Waals surface area contributed by atoms with Gasteiger partial charge in [0.1, 0.15) is 11.4 Å². The molecule has 2 amide bonds. The minimum Gasteiger partial charge on any atom is -0.482 e. The van der Waals surface area contributed by atoms with Gasteiger partial charge >= 0.3 is 0 Å². The van der Waals surface area contributed by atoms with Gasteiger partial charge in [-0.15, -0.1) is 11.3 Å². The van der Waals surface area contributed by atoms with Crippen molar-refractivity contribution in [1.29, 1.82) is 0 Å². The van der Waals surface area contributed by atoms with Crippen LogP contribution in [0.15, 0.2) is 60.1 Å². The van der Waals surface area contributed by atoms with E-state index >= 15 is 0 Å². The Morgan fingerprint density at radius 3 is 2.89 bits per heavy atom. The van der Waals surface area contributed by atoms with Gasteiger partial charge in [0.2, 0.25) is 0 Å².